The number of carboxylic acid groups (broad SMARTS) is 1. The quantitative estimate of drug-likeness (QED) is 0.332. The maximum absolute atomic E-state index is 11.6. The van der Waals surface area contributed by atoms with Crippen LogP contribution in [0.5, 0.6) is 0 Å². The molecule has 6 nitrogen and oxygen atoms in total. The second kappa shape index (κ2) is 10.9. The van der Waals surface area contributed by atoms with Crippen LogP contribution in [0.15, 0.2) is 23.3 Å². The van der Waals surface area contributed by atoms with Gasteiger partial charge in [0.1, 0.15) is 11.7 Å². The zero-order chi connectivity index (χ0) is 22.2. The van der Waals surface area contributed by atoms with Crippen LogP contribution in [0, 0.1) is 5.92 Å². The van der Waals surface area contributed by atoms with Crippen LogP contribution in [0.2, 0.25) is 0 Å². The molecule has 0 amide bonds. The Hall–Kier alpha value is -1.66. The van der Waals surface area contributed by atoms with Gasteiger partial charge in [0, 0.05) is 13.0 Å². The first-order chi connectivity index (χ1) is 13.4. The predicted molar refractivity (Wildman–Crippen MR) is 113 cm³/mol. The smallest absolute Gasteiger partial charge is 0.328 e. The van der Waals surface area contributed by atoms with Gasteiger partial charge < -0.3 is 19.7 Å². The summed E-state index contributed by atoms with van der Waals surface area (Å²) in [6.07, 6.45) is 6.75. The van der Waals surface area contributed by atoms with Crippen molar-refractivity contribution in [2.24, 2.45) is 5.92 Å². The van der Waals surface area contributed by atoms with Crippen LogP contribution < -0.4 is 0 Å². The van der Waals surface area contributed by atoms with Crippen molar-refractivity contribution in [3.8, 4) is 0 Å². The molecule has 1 rings (SSSR count). The first-order valence-electron chi connectivity index (χ1n) is 10.4. The van der Waals surface area contributed by atoms with Crippen molar-refractivity contribution in [3.05, 3.63) is 23.3 Å². The Labute approximate surface area is 175 Å². The Morgan fingerprint density at radius 1 is 1.38 bits per heavy atom. The van der Waals surface area contributed by atoms with Gasteiger partial charge in [-0.3, -0.25) is 4.79 Å². The van der Waals surface area contributed by atoms with Gasteiger partial charge in [-0.1, -0.05) is 25.0 Å². The summed E-state index contributed by atoms with van der Waals surface area (Å²) in [5.41, 5.74) is 0.406. The van der Waals surface area contributed by atoms with Gasteiger partial charge in [-0.05, 0) is 71.3 Å². The summed E-state index contributed by atoms with van der Waals surface area (Å²) in [6.45, 7) is 11.5. The van der Waals surface area contributed by atoms with E-state index in [9.17, 15) is 14.7 Å². The summed E-state index contributed by atoms with van der Waals surface area (Å²) in [7, 11) is 0. The minimum atomic E-state index is -0.997. The van der Waals surface area contributed by atoms with Crippen molar-refractivity contribution in [1.82, 2.24) is 0 Å². The molecule has 4 atom stereocenters. The summed E-state index contributed by atoms with van der Waals surface area (Å²) in [6, 6.07) is 0. The van der Waals surface area contributed by atoms with E-state index in [4.69, 9.17) is 14.6 Å². The number of carbonyl (C=O) groups is 2. The third-order valence-electron chi connectivity index (χ3n) is 5.93. The summed E-state index contributed by atoms with van der Waals surface area (Å²) in [5, 5.41) is 19.8. The summed E-state index contributed by atoms with van der Waals surface area (Å²) < 4.78 is 11.6. The number of hydrogen-bond donors (Lipinski definition) is 2. The average molecular weight is 411 g/mol. The summed E-state index contributed by atoms with van der Waals surface area (Å²) in [5.74, 6) is -1.26. The minimum Gasteiger partial charge on any atom is -0.478 e. The summed E-state index contributed by atoms with van der Waals surface area (Å²) in [4.78, 5) is 22.6. The van der Waals surface area contributed by atoms with Crippen molar-refractivity contribution in [2.75, 3.05) is 6.61 Å². The van der Waals surface area contributed by atoms with E-state index in [-0.39, 0.29) is 18.5 Å². The van der Waals surface area contributed by atoms with Gasteiger partial charge in [0.25, 0.3) is 0 Å². The Morgan fingerprint density at radius 2 is 2.03 bits per heavy atom. The van der Waals surface area contributed by atoms with Crippen LogP contribution in [0.4, 0.5) is 0 Å². The molecule has 2 unspecified atom stereocenters. The molecule has 6 heteroatoms. The van der Waals surface area contributed by atoms with Crippen molar-refractivity contribution >= 4 is 11.9 Å². The molecular weight excluding hydrogens is 372 g/mol. The molecule has 0 saturated carbocycles. The van der Waals surface area contributed by atoms with E-state index in [1.165, 1.54) is 18.6 Å². The molecule has 2 N–H and O–H groups in total. The van der Waals surface area contributed by atoms with Gasteiger partial charge in [0.2, 0.25) is 0 Å². The number of esters is 1. The van der Waals surface area contributed by atoms with Crippen molar-refractivity contribution < 1.29 is 29.3 Å². The van der Waals surface area contributed by atoms with Gasteiger partial charge in [-0.25, -0.2) is 4.79 Å². The lowest BCUT2D eigenvalue weighted by molar-refractivity contribution is -0.168. The van der Waals surface area contributed by atoms with E-state index in [1.54, 1.807) is 0 Å². The molecule has 0 aromatic rings. The molecule has 1 heterocycles. The van der Waals surface area contributed by atoms with Crippen molar-refractivity contribution in [3.63, 3.8) is 0 Å². The van der Waals surface area contributed by atoms with Crippen LogP contribution >= 0.6 is 0 Å². The monoisotopic (exact) mass is 410 g/mol. The van der Waals surface area contributed by atoms with Crippen LogP contribution in [0.1, 0.15) is 80.1 Å². The largest absolute Gasteiger partial charge is 0.478 e. The van der Waals surface area contributed by atoms with Gasteiger partial charge >= 0.3 is 11.9 Å². The Balaban J connectivity index is 2.79. The number of aliphatic hydroxyl groups is 1. The number of allylic oxidation sites excluding steroid dienone is 1. The Morgan fingerprint density at radius 3 is 2.59 bits per heavy atom. The lowest BCUT2D eigenvalue weighted by Gasteiger charge is -2.36. The fourth-order valence-electron chi connectivity index (χ4n) is 3.63. The minimum absolute atomic E-state index is 0.0992. The second-order valence-corrected chi connectivity index (χ2v) is 9.01. The highest BCUT2D eigenvalue weighted by Crippen LogP contribution is 2.35. The highest BCUT2D eigenvalue weighted by molar-refractivity contribution is 5.80. The zero-order valence-corrected chi connectivity index (χ0v) is 18.8. The molecule has 0 aliphatic carbocycles. The zero-order valence-electron chi connectivity index (χ0n) is 18.8. The molecule has 29 heavy (non-hydrogen) atoms. The first kappa shape index (κ1) is 25.4. The molecule has 1 aliphatic rings. The number of carboxylic acids is 1. The molecule has 166 valence electrons. The van der Waals surface area contributed by atoms with Crippen LogP contribution in [-0.2, 0) is 19.1 Å². The molecule has 1 aliphatic heterocycles. The molecule has 0 radical (unpaired) electrons. The maximum Gasteiger partial charge on any atom is 0.328 e. The number of ether oxygens (including phenoxy) is 2. The SMILES string of the molecule is CC(=O)O[C@@H]1CCC(=CC(=O)O)CO[C@@]1(C)CCCC(C)C(C)(O)CC=C(C)C. The third-order valence-corrected chi connectivity index (χ3v) is 5.93. The highest BCUT2D eigenvalue weighted by atomic mass is 16.6. The lowest BCUT2D eigenvalue weighted by atomic mass is 9.81. The van der Waals surface area contributed by atoms with Crippen LogP contribution in [0.25, 0.3) is 0 Å². The topological polar surface area (TPSA) is 93.1 Å². The molecule has 0 aromatic heterocycles. The van der Waals surface area contributed by atoms with Gasteiger partial charge in [0.15, 0.2) is 0 Å². The van der Waals surface area contributed by atoms with Crippen molar-refractivity contribution in [2.45, 2.75) is 97.4 Å². The van der Waals surface area contributed by atoms with Gasteiger partial charge in [-0.2, -0.15) is 0 Å². The molecule has 0 aromatic carbocycles. The van der Waals surface area contributed by atoms with E-state index in [2.05, 4.69) is 6.08 Å². The molecule has 1 saturated heterocycles. The molecule has 0 spiro atoms. The Bertz CT molecular complexity index is 629. The molecular formula is C23H38O6. The fraction of sp³-hybridized carbons (Fsp3) is 0.739. The standard InChI is InChI=1S/C23H38O6/c1-16(2)11-13-22(5,27)17(3)8-7-12-23(6)20(29-18(4)24)10-9-19(15-28-23)14-21(25)26/h11,14,17,20,27H,7-10,12-13,15H2,1-6H3,(H,25,26)/t17?,20-,22?,23+/m1/s1. The van der Waals surface area contributed by atoms with Crippen molar-refractivity contribution in [1.29, 1.82) is 0 Å². The predicted octanol–water partition coefficient (Wildman–Crippen LogP) is 4.41. The second-order valence-electron chi connectivity index (χ2n) is 9.01. The fourth-order valence-corrected chi connectivity index (χ4v) is 3.63. The number of aliphatic carboxylic acids is 1. The number of rotatable bonds is 9. The first-order valence-corrected chi connectivity index (χ1v) is 10.4. The Kier molecular flexibility index (Phi) is 9.56. The maximum atomic E-state index is 11.6. The van der Waals surface area contributed by atoms with E-state index in [0.29, 0.717) is 31.3 Å². The average Bonchev–Trinajstić information content (AvgIpc) is 2.73. The third kappa shape index (κ3) is 8.70. The highest BCUT2D eigenvalue weighted by Gasteiger charge is 2.40. The van der Waals surface area contributed by atoms with E-state index in [1.807, 2.05) is 34.6 Å². The number of carbonyl (C=O) groups excluding carboxylic acids is 1. The normalized spacial score (nSPS) is 26.9. The van der Waals surface area contributed by atoms with Crippen LogP contribution in [-0.4, -0.2) is 46.1 Å². The van der Waals surface area contributed by atoms with Gasteiger partial charge in [-0.15, -0.1) is 0 Å². The molecule has 1 fully saturated rings. The lowest BCUT2D eigenvalue weighted by Crippen LogP contribution is -2.44. The number of hydrogen-bond acceptors (Lipinski definition) is 5. The van der Waals surface area contributed by atoms with Gasteiger partial charge in [0.05, 0.1) is 12.2 Å². The van der Waals surface area contributed by atoms with E-state index < -0.39 is 23.3 Å². The van der Waals surface area contributed by atoms with Crippen LogP contribution in [0.3, 0.4) is 0 Å². The van der Waals surface area contributed by atoms with E-state index >= 15 is 0 Å². The van der Waals surface area contributed by atoms with E-state index in [0.717, 1.165) is 12.8 Å². The molecule has 0 bridgehead atoms. The summed E-state index contributed by atoms with van der Waals surface area (Å²) >= 11 is 0.